The lowest BCUT2D eigenvalue weighted by Crippen LogP contribution is -2.49. The van der Waals surface area contributed by atoms with Gasteiger partial charge in [-0.25, -0.2) is 0 Å². The highest BCUT2D eigenvalue weighted by Crippen LogP contribution is 2.25. The fraction of sp³-hybridized carbons (Fsp3) is 0.389. The number of thioether (sulfide) groups is 1. The molecule has 0 unspecified atom stereocenters. The number of carbonyl (C=O) groups is 1. The van der Waals surface area contributed by atoms with Crippen LogP contribution in [0.2, 0.25) is 4.34 Å². The van der Waals surface area contributed by atoms with Crippen molar-refractivity contribution in [1.29, 1.82) is 0 Å². The summed E-state index contributed by atoms with van der Waals surface area (Å²) >= 11 is 9.16. The van der Waals surface area contributed by atoms with Gasteiger partial charge in [-0.2, -0.15) is 0 Å². The van der Waals surface area contributed by atoms with E-state index >= 15 is 0 Å². The van der Waals surface area contributed by atoms with E-state index in [-0.39, 0.29) is 5.91 Å². The molecule has 0 aliphatic carbocycles. The van der Waals surface area contributed by atoms with E-state index in [2.05, 4.69) is 17.0 Å². The van der Waals surface area contributed by atoms with Crippen LogP contribution in [0.25, 0.3) is 0 Å². The van der Waals surface area contributed by atoms with Gasteiger partial charge in [-0.05, 0) is 36.4 Å². The molecule has 2 aromatic rings. The molecule has 0 N–H and O–H groups in total. The molecule has 7 heteroatoms. The number of halogens is 1. The standard InChI is InChI=1S/C18H21ClN2O2S2/c1-23-15-4-2-14(3-5-15)20-8-10-21(11-9-20)18(22)13-24-12-16-6-7-17(19)25-16/h2-7H,8-13H2,1H3. The Morgan fingerprint density at radius 1 is 1.16 bits per heavy atom. The molecule has 1 aliphatic rings. The largest absolute Gasteiger partial charge is 0.497 e. The molecule has 4 nitrogen and oxygen atoms in total. The topological polar surface area (TPSA) is 32.8 Å². The van der Waals surface area contributed by atoms with Crippen LogP contribution in [0.4, 0.5) is 5.69 Å². The summed E-state index contributed by atoms with van der Waals surface area (Å²) < 4.78 is 6.00. The van der Waals surface area contributed by atoms with Crippen molar-refractivity contribution in [3.8, 4) is 5.75 Å². The van der Waals surface area contributed by atoms with Gasteiger partial charge >= 0.3 is 0 Å². The summed E-state index contributed by atoms with van der Waals surface area (Å²) in [5.74, 6) is 2.45. The summed E-state index contributed by atoms with van der Waals surface area (Å²) in [6.45, 7) is 3.28. The van der Waals surface area contributed by atoms with E-state index in [0.29, 0.717) is 5.75 Å². The van der Waals surface area contributed by atoms with Crippen LogP contribution in [0.15, 0.2) is 36.4 Å². The van der Waals surface area contributed by atoms with Gasteiger partial charge in [0.05, 0.1) is 17.2 Å². The van der Waals surface area contributed by atoms with Gasteiger partial charge in [0.2, 0.25) is 5.91 Å². The van der Waals surface area contributed by atoms with Gasteiger partial charge in [0.1, 0.15) is 5.75 Å². The predicted molar refractivity (Wildman–Crippen MR) is 107 cm³/mol. The van der Waals surface area contributed by atoms with Crippen molar-refractivity contribution in [3.63, 3.8) is 0 Å². The summed E-state index contributed by atoms with van der Waals surface area (Å²) in [6.07, 6.45) is 0. The zero-order valence-corrected chi connectivity index (χ0v) is 16.5. The van der Waals surface area contributed by atoms with Crippen LogP contribution in [0, 0.1) is 0 Å². The van der Waals surface area contributed by atoms with E-state index in [1.165, 1.54) is 10.6 Å². The minimum absolute atomic E-state index is 0.224. The van der Waals surface area contributed by atoms with Gasteiger partial charge in [-0.15, -0.1) is 23.1 Å². The van der Waals surface area contributed by atoms with Crippen molar-refractivity contribution in [2.75, 3.05) is 43.9 Å². The molecular formula is C18H21ClN2O2S2. The predicted octanol–water partition coefficient (Wildman–Crippen LogP) is 3.99. The highest BCUT2D eigenvalue weighted by Gasteiger charge is 2.21. The Bertz CT molecular complexity index is 697. The number of rotatable bonds is 6. The number of hydrogen-bond acceptors (Lipinski definition) is 5. The molecule has 1 aromatic carbocycles. The molecule has 3 rings (SSSR count). The molecule has 1 saturated heterocycles. The zero-order chi connectivity index (χ0) is 17.6. The van der Waals surface area contributed by atoms with Crippen LogP contribution in [0.3, 0.4) is 0 Å². The first kappa shape index (κ1) is 18.4. The molecule has 0 atom stereocenters. The Morgan fingerprint density at radius 3 is 2.48 bits per heavy atom. The number of nitrogens with zero attached hydrogens (tertiary/aromatic N) is 2. The molecule has 25 heavy (non-hydrogen) atoms. The summed E-state index contributed by atoms with van der Waals surface area (Å²) in [5, 5.41) is 0. The maximum Gasteiger partial charge on any atom is 0.232 e. The minimum Gasteiger partial charge on any atom is -0.497 e. The highest BCUT2D eigenvalue weighted by atomic mass is 35.5. The first-order valence-electron chi connectivity index (χ1n) is 8.14. The maximum atomic E-state index is 12.4. The lowest BCUT2D eigenvalue weighted by atomic mass is 10.2. The smallest absolute Gasteiger partial charge is 0.232 e. The van der Waals surface area contributed by atoms with Crippen molar-refractivity contribution in [2.24, 2.45) is 0 Å². The third-order valence-electron chi connectivity index (χ3n) is 4.17. The number of ether oxygens (including phenoxy) is 1. The number of benzene rings is 1. The third-order valence-corrected chi connectivity index (χ3v) is 6.55. The molecule has 0 saturated carbocycles. The van der Waals surface area contributed by atoms with Gasteiger partial charge < -0.3 is 14.5 Å². The second kappa shape index (κ2) is 8.83. The van der Waals surface area contributed by atoms with Crippen LogP contribution in [0.5, 0.6) is 5.75 Å². The first-order valence-corrected chi connectivity index (χ1v) is 10.5. The first-order chi connectivity index (χ1) is 12.2. The number of anilines is 1. The molecule has 134 valence electrons. The Kier molecular flexibility index (Phi) is 6.51. The van der Waals surface area contributed by atoms with Crippen molar-refractivity contribution >= 4 is 46.3 Å². The van der Waals surface area contributed by atoms with E-state index in [1.54, 1.807) is 30.2 Å². The Morgan fingerprint density at radius 2 is 1.88 bits per heavy atom. The van der Waals surface area contributed by atoms with E-state index < -0.39 is 0 Å². The minimum atomic E-state index is 0.224. The molecule has 0 radical (unpaired) electrons. The van der Waals surface area contributed by atoms with Crippen LogP contribution in [-0.2, 0) is 10.5 Å². The highest BCUT2D eigenvalue weighted by molar-refractivity contribution is 7.99. The molecule has 1 amide bonds. The number of thiophene rings is 1. The summed E-state index contributed by atoms with van der Waals surface area (Å²) in [7, 11) is 1.67. The molecule has 2 heterocycles. The van der Waals surface area contributed by atoms with Gasteiger partial charge in [-0.1, -0.05) is 11.6 Å². The van der Waals surface area contributed by atoms with Gasteiger partial charge in [0.25, 0.3) is 0 Å². The van der Waals surface area contributed by atoms with E-state index in [9.17, 15) is 4.79 Å². The third kappa shape index (κ3) is 5.06. The Balaban J connectivity index is 1.42. The van der Waals surface area contributed by atoms with Crippen LogP contribution in [-0.4, -0.2) is 49.8 Å². The monoisotopic (exact) mass is 396 g/mol. The van der Waals surface area contributed by atoms with Gasteiger partial charge in [0.15, 0.2) is 0 Å². The lowest BCUT2D eigenvalue weighted by Gasteiger charge is -2.36. The summed E-state index contributed by atoms with van der Waals surface area (Å²) in [6, 6.07) is 12.0. The van der Waals surface area contributed by atoms with Crippen LogP contribution in [0.1, 0.15) is 4.88 Å². The summed E-state index contributed by atoms with van der Waals surface area (Å²) in [5.41, 5.74) is 1.18. The normalized spacial score (nSPS) is 14.6. The van der Waals surface area contributed by atoms with Gasteiger partial charge in [0, 0.05) is 42.5 Å². The van der Waals surface area contributed by atoms with Crippen LogP contribution < -0.4 is 9.64 Å². The Labute approximate surface area is 161 Å². The molecule has 1 aliphatic heterocycles. The summed E-state index contributed by atoms with van der Waals surface area (Å²) in [4.78, 5) is 17.9. The van der Waals surface area contributed by atoms with Gasteiger partial charge in [-0.3, -0.25) is 4.79 Å². The SMILES string of the molecule is COc1ccc(N2CCN(C(=O)CSCc3ccc(Cl)s3)CC2)cc1. The molecule has 1 aromatic heterocycles. The molecule has 1 fully saturated rings. The van der Waals surface area contributed by atoms with Crippen molar-refractivity contribution in [3.05, 3.63) is 45.6 Å². The number of amides is 1. The fourth-order valence-corrected chi connectivity index (χ4v) is 4.89. The average molecular weight is 397 g/mol. The molecule has 0 spiro atoms. The van der Waals surface area contributed by atoms with E-state index in [0.717, 1.165) is 42.0 Å². The number of piperazine rings is 1. The van der Waals surface area contributed by atoms with Crippen LogP contribution >= 0.6 is 34.7 Å². The zero-order valence-electron chi connectivity index (χ0n) is 14.1. The second-order valence-electron chi connectivity index (χ2n) is 5.76. The Hall–Kier alpha value is -1.37. The van der Waals surface area contributed by atoms with E-state index in [1.807, 2.05) is 29.2 Å². The van der Waals surface area contributed by atoms with Crippen molar-refractivity contribution < 1.29 is 9.53 Å². The van der Waals surface area contributed by atoms with Crippen molar-refractivity contribution in [2.45, 2.75) is 5.75 Å². The van der Waals surface area contributed by atoms with E-state index in [4.69, 9.17) is 16.3 Å². The number of methoxy groups -OCH3 is 1. The number of hydrogen-bond donors (Lipinski definition) is 0. The molecular weight excluding hydrogens is 376 g/mol. The lowest BCUT2D eigenvalue weighted by molar-refractivity contribution is -0.128. The van der Waals surface area contributed by atoms with Crippen molar-refractivity contribution in [1.82, 2.24) is 4.90 Å². The second-order valence-corrected chi connectivity index (χ2v) is 8.55. The quantitative estimate of drug-likeness (QED) is 0.739. The average Bonchev–Trinajstić information content (AvgIpc) is 3.07. The fourth-order valence-electron chi connectivity index (χ4n) is 2.77. The molecule has 0 bridgehead atoms. The maximum absolute atomic E-state index is 12.4. The number of carbonyl (C=O) groups excluding carboxylic acids is 1.